The summed E-state index contributed by atoms with van der Waals surface area (Å²) >= 11 is 0. The Morgan fingerprint density at radius 1 is 1.17 bits per heavy atom. The van der Waals surface area contributed by atoms with Gasteiger partial charge in [-0.3, -0.25) is 4.52 Å². The quantitative estimate of drug-likeness (QED) is 0.362. The lowest BCUT2D eigenvalue weighted by Crippen LogP contribution is -2.33. The average Bonchev–Trinajstić information content (AvgIpc) is 3.20. The summed E-state index contributed by atoms with van der Waals surface area (Å²) in [7, 11) is -4.75. The van der Waals surface area contributed by atoms with Crippen molar-refractivity contribution in [1.82, 2.24) is 14.5 Å². The molecule has 1 aliphatic heterocycles. The normalized spacial score (nSPS) is 25.0. The van der Waals surface area contributed by atoms with Gasteiger partial charge in [-0.25, -0.2) is 14.5 Å². The Morgan fingerprint density at radius 2 is 1.90 bits per heavy atom. The van der Waals surface area contributed by atoms with Gasteiger partial charge in [0.05, 0.1) is 12.0 Å². The van der Waals surface area contributed by atoms with E-state index in [2.05, 4.69) is 14.5 Å². The number of aliphatic hydroxyl groups excluding tert-OH is 2. The third-order valence-electron chi connectivity index (χ3n) is 4.74. The van der Waals surface area contributed by atoms with Gasteiger partial charge in [0.2, 0.25) is 0 Å². The van der Waals surface area contributed by atoms with Gasteiger partial charge in [-0.05, 0) is 5.56 Å². The summed E-state index contributed by atoms with van der Waals surface area (Å²) in [6.45, 7) is -0.596. The Labute approximate surface area is 164 Å². The number of nitrogens with two attached hydrogens (primary N) is 1. The van der Waals surface area contributed by atoms with Crippen molar-refractivity contribution in [3.63, 3.8) is 0 Å². The van der Waals surface area contributed by atoms with E-state index in [1.807, 2.05) is 30.3 Å². The molecule has 0 saturated carbocycles. The van der Waals surface area contributed by atoms with E-state index in [-0.39, 0.29) is 5.82 Å². The van der Waals surface area contributed by atoms with Crippen LogP contribution in [0.2, 0.25) is 0 Å². The lowest BCUT2D eigenvalue weighted by molar-refractivity contribution is -0.0501. The second-order valence-electron chi connectivity index (χ2n) is 6.61. The van der Waals surface area contributed by atoms with Crippen LogP contribution in [0, 0.1) is 0 Å². The molecule has 0 bridgehead atoms. The molecule has 29 heavy (non-hydrogen) atoms. The van der Waals surface area contributed by atoms with E-state index in [1.165, 1.54) is 10.9 Å². The molecule has 11 nitrogen and oxygen atoms in total. The van der Waals surface area contributed by atoms with Crippen molar-refractivity contribution in [2.45, 2.75) is 24.5 Å². The predicted octanol–water partition coefficient (Wildman–Crippen LogP) is 0.409. The van der Waals surface area contributed by atoms with Gasteiger partial charge >= 0.3 is 7.82 Å². The molecular formula is C17H19N4O7P. The first kappa shape index (κ1) is 19.9. The van der Waals surface area contributed by atoms with Gasteiger partial charge in [-0.1, -0.05) is 30.3 Å². The molecule has 1 aromatic carbocycles. The maximum atomic E-state index is 10.9. The number of anilines is 1. The molecule has 4 rings (SSSR count). The molecule has 2 aromatic heterocycles. The lowest BCUT2D eigenvalue weighted by atomic mass is 10.1. The van der Waals surface area contributed by atoms with Crippen molar-refractivity contribution in [3.8, 4) is 11.1 Å². The zero-order valence-electron chi connectivity index (χ0n) is 14.9. The number of hydrogen-bond donors (Lipinski definition) is 5. The number of benzene rings is 1. The van der Waals surface area contributed by atoms with Crippen LogP contribution in [0.3, 0.4) is 0 Å². The third kappa shape index (κ3) is 3.77. The van der Waals surface area contributed by atoms with Gasteiger partial charge in [-0.2, -0.15) is 0 Å². The highest BCUT2D eigenvalue weighted by molar-refractivity contribution is 7.46. The summed E-state index contributed by atoms with van der Waals surface area (Å²) in [5.74, 6) is 0.238. The summed E-state index contributed by atoms with van der Waals surface area (Å²) in [5.41, 5.74) is 7.99. The van der Waals surface area contributed by atoms with Crippen LogP contribution in [0.1, 0.15) is 6.23 Å². The molecule has 3 heterocycles. The Balaban J connectivity index is 1.75. The van der Waals surface area contributed by atoms with Crippen molar-refractivity contribution >= 4 is 24.7 Å². The summed E-state index contributed by atoms with van der Waals surface area (Å²) < 4.78 is 22.5. The number of phosphoric acid groups is 1. The number of nitrogens with zero attached hydrogens (tertiary/aromatic N) is 3. The Bertz CT molecular complexity index is 1070. The molecular weight excluding hydrogens is 403 g/mol. The van der Waals surface area contributed by atoms with E-state index < -0.39 is 39.0 Å². The SMILES string of the molecule is Nc1ncnc2c1c(-c1ccccc1)cn2[C@@H]1O[C@H](COP(=O)(O)O)C(O)[C@@H]1O. The number of phosphoric ester groups is 1. The maximum Gasteiger partial charge on any atom is 0.469 e. The number of nitrogen functional groups attached to an aromatic ring is 1. The maximum absolute atomic E-state index is 10.9. The molecule has 1 fully saturated rings. The van der Waals surface area contributed by atoms with Crippen LogP contribution < -0.4 is 5.73 Å². The summed E-state index contributed by atoms with van der Waals surface area (Å²) in [6, 6.07) is 9.34. The molecule has 1 unspecified atom stereocenters. The summed E-state index contributed by atoms with van der Waals surface area (Å²) in [6.07, 6.45) is -2.10. The minimum atomic E-state index is -4.75. The van der Waals surface area contributed by atoms with E-state index in [4.69, 9.17) is 20.3 Å². The highest BCUT2D eigenvalue weighted by Gasteiger charge is 2.45. The van der Waals surface area contributed by atoms with Gasteiger partial charge in [0.1, 0.15) is 36.1 Å². The Morgan fingerprint density at radius 3 is 2.59 bits per heavy atom. The molecule has 154 valence electrons. The van der Waals surface area contributed by atoms with Crippen molar-refractivity contribution in [2.24, 2.45) is 0 Å². The number of hydrogen-bond acceptors (Lipinski definition) is 8. The molecule has 4 atom stereocenters. The average molecular weight is 422 g/mol. The number of ether oxygens (including phenoxy) is 1. The second kappa shape index (κ2) is 7.47. The minimum absolute atomic E-state index is 0.238. The zero-order chi connectivity index (χ0) is 20.8. The van der Waals surface area contributed by atoms with Crippen molar-refractivity contribution in [1.29, 1.82) is 0 Å². The largest absolute Gasteiger partial charge is 0.469 e. The fraction of sp³-hybridized carbons (Fsp3) is 0.294. The molecule has 0 aliphatic carbocycles. The third-order valence-corrected chi connectivity index (χ3v) is 5.23. The van der Waals surface area contributed by atoms with E-state index >= 15 is 0 Å². The number of rotatable bonds is 5. The van der Waals surface area contributed by atoms with Gasteiger partial charge in [0.15, 0.2) is 6.23 Å². The number of aliphatic hydroxyl groups is 2. The standard InChI is InChI=1S/C17H19N4O7P/c18-15-12-10(9-4-2-1-3-5-9)6-21(16(12)20-8-19-15)17-14(23)13(22)11(28-17)7-27-29(24,25)26/h1-6,8,11,13-14,17,22-23H,7H2,(H2,18,19,20)(H2,24,25,26)/t11-,13?,14+,17-/m1/s1. The minimum Gasteiger partial charge on any atom is -0.387 e. The second-order valence-corrected chi connectivity index (χ2v) is 7.85. The molecule has 0 radical (unpaired) electrons. The van der Waals surface area contributed by atoms with Crippen LogP contribution in [-0.2, 0) is 13.8 Å². The number of fused-ring (bicyclic) bond motifs is 1. The van der Waals surface area contributed by atoms with E-state index in [0.717, 1.165) is 5.56 Å². The first-order chi connectivity index (χ1) is 13.8. The lowest BCUT2D eigenvalue weighted by Gasteiger charge is -2.17. The van der Waals surface area contributed by atoms with E-state index in [0.29, 0.717) is 16.6 Å². The van der Waals surface area contributed by atoms with Crippen molar-refractivity contribution in [2.75, 3.05) is 12.3 Å². The van der Waals surface area contributed by atoms with Gasteiger partial charge < -0.3 is 35.0 Å². The van der Waals surface area contributed by atoms with Crippen LogP contribution in [-0.4, -0.2) is 59.5 Å². The fourth-order valence-electron chi connectivity index (χ4n) is 3.41. The van der Waals surface area contributed by atoms with Gasteiger partial charge in [0, 0.05) is 11.8 Å². The van der Waals surface area contributed by atoms with Gasteiger partial charge in [-0.15, -0.1) is 0 Å². The van der Waals surface area contributed by atoms with Crippen LogP contribution in [0.5, 0.6) is 0 Å². The van der Waals surface area contributed by atoms with Crippen LogP contribution in [0.25, 0.3) is 22.2 Å². The monoisotopic (exact) mass is 422 g/mol. The molecule has 6 N–H and O–H groups in total. The summed E-state index contributed by atoms with van der Waals surface area (Å²) in [4.78, 5) is 26.0. The molecule has 3 aromatic rings. The van der Waals surface area contributed by atoms with E-state index in [9.17, 15) is 14.8 Å². The van der Waals surface area contributed by atoms with E-state index in [1.54, 1.807) is 6.20 Å². The molecule has 1 saturated heterocycles. The molecule has 0 amide bonds. The van der Waals surface area contributed by atoms with Gasteiger partial charge in [0.25, 0.3) is 0 Å². The topological polar surface area (TPSA) is 173 Å². The number of aromatic nitrogens is 3. The molecule has 12 heteroatoms. The fourth-order valence-corrected chi connectivity index (χ4v) is 3.75. The highest BCUT2D eigenvalue weighted by atomic mass is 31.2. The molecule has 0 spiro atoms. The highest BCUT2D eigenvalue weighted by Crippen LogP contribution is 2.40. The van der Waals surface area contributed by atoms with Crippen molar-refractivity contribution in [3.05, 3.63) is 42.9 Å². The smallest absolute Gasteiger partial charge is 0.387 e. The first-order valence-electron chi connectivity index (χ1n) is 8.64. The van der Waals surface area contributed by atoms with Crippen LogP contribution in [0.4, 0.5) is 5.82 Å². The van der Waals surface area contributed by atoms with Crippen LogP contribution in [0.15, 0.2) is 42.9 Å². The predicted molar refractivity (Wildman–Crippen MR) is 101 cm³/mol. The Kier molecular flexibility index (Phi) is 5.13. The Hall–Kier alpha value is -2.37. The van der Waals surface area contributed by atoms with Crippen molar-refractivity contribution < 1.29 is 33.8 Å². The first-order valence-corrected chi connectivity index (χ1v) is 10.2. The molecule has 1 aliphatic rings. The zero-order valence-corrected chi connectivity index (χ0v) is 15.8. The van der Waals surface area contributed by atoms with Crippen LogP contribution >= 0.6 is 7.82 Å². The summed E-state index contributed by atoms with van der Waals surface area (Å²) in [5, 5.41) is 21.3.